The number of hydrogen-bond donors (Lipinski definition) is 1. The standard InChI is InChI=1S/C21H30ClN2O11P/c1-11(2)32-17(26)13(18(27)33-12(3)4)7-9-30-36(29)31-10-14-16(35-36)21(5,22)19(34-14)24-8-6-15(25)23-20(24)28/h6,8,11-14,16,19H,7,9-10H2,1-5H3,(H,23,25,28)/t14-,16-,19-,21-,36+/m1/s1. The first-order chi connectivity index (χ1) is 16.7. The Kier molecular flexibility index (Phi) is 8.85. The molecule has 0 aliphatic carbocycles. The van der Waals surface area contributed by atoms with Crippen molar-refractivity contribution in [3.63, 3.8) is 0 Å². The zero-order valence-corrected chi connectivity index (χ0v) is 22.2. The molecule has 3 rings (SSSR count). The topological polar surface area (TPSA) is 161 Å². The van der Waals surface area contributed by atoms with E-state index in [1.165, 1.54) is 13.1 Å². The molecular formula is C21H30ClN2O11P. The number of phosphoric acid groups is 1. The fourth-order valence-corrected chi connectivity index (χ4v) is 5.66. The van der Waals surface area contributed by atoms with Crippen LogP contribution in [0.2, 0.25) is 0 Å². The molecule has 1 aromatic heterocycles. The maximum absolute atomic E-state index is 13.2. The Balaban J connectivity index is 1.68. The van der Waals surface area contributed by atoms with E-state index < -0.39 is 72.4 Å². The Bertz CT molecular complexity index is 1110. The molecule has 5 atom stereocenters. The Hall–Kier alpha value is -2.02. The van der Waals surface area contributed by atoms with Crippen molar-refractivity contribution in [1.82, 2.24) is 9.55 Å². The van der Waals surface area contributed by atoms with Gasteiger partial charge in [0.05, 0.1) is 25.4 Å². The zero-order chi connectivity index (χ0) is 26.8. The molecule has 2 saturated heterocycles. The average Bonchev–Trinajstić information content (AvgIpc) is 3.00. The van der Waals surface area contributed by atoms with Crippen molar-refractivity contribution in [2.45, 2.75) is 76.6 Å². The largest absolute Gasteiger partial charge is 0.475 e. The van der Waals surface area contributed by atoms with Gasteiger partial charge in [0.25, 0.3) is 5.56 Å². The molecule has 0 unspecified atom stereocenters. The van der Waals surface area contributed by atoms with E-state index in [-0.39, 0.29) is 19.6 Å². The highest BCUT2D eigenvalue weighted by molar-refractivity contribution is 7.48. The minimum absolute atomic E-state index is 0.202. The fraction of sp³-hybridized carbons (Fsp3) is 0.714. The van der Waals surface area contributed by atoms with Gasteiger partial charge in [-0.2, -0.15) is 0 Å². The van der Waals surface area contributed by atoms with Gasteiger partial charge in [0.1, 0.15) is 17.1 Å². The summed E-state index contributed by atoms with van der Waals surface area (Å²) in [6.07, 6.45) is -2.78. The van der Waals surface area contributed by atoms with E-state index in [4.69, 9.17) is 39.4 Å². The highest BCUT2D eigenvalue weighted by Crippen LogP contribution is 2.60. The lowest BCUT2D eigenvalue weighted by molar-refractivity contribution is -0.167. The molecule has 0 saturated carbocycles. The number of fused-ring (bicyclic) bond motifs is 1. The lowest BCUT2D eigenvalue weighted by Gasteiger charge is -2.34. The number of rotatable bonds is 9. The van der Waals surface area contributed by atoms with Gasteiger partial charge in [-0.25, -0.2) is 9.36 Å². The Labute approximate surface area is 211 Å². The van der Waals surface area contributed by atoms with E-state index >= 15 is 0 Å². The van der Waals surface area contributed by atoms with E-state index in [1.54, 1.807) is 27.7 Å². The van der Waals surface area contributed by atoms with Crippen LogP contribution in [0, 0.1) is 5.92 Å². The number of halogens is 1. The van der Waals surface area contributed by atoms with Gasteiger partial charge in [-0.1, -0.05) is 0 Å². The van der Waals surface area contributed by atoms with Crippen molar-refractivity contribution in [3.05, 3.63) is 33.1 Å². The second-order valence-corrected chi connectivity index (χ2v) is 11.5. The van der Waals surface area contributed by atoms with Gasteiger partial charge in [0.2, 0.25) is 0 Å². The van der Waals surface area contributed by atoms with Crippen LogP contribution in [0.5, 0.6) is 0 Å². The zero-order valence-electron chi connectivity index (χ0n) is 20.5. The van der Waals surface area contributed by atoms with Crippen LogP contribution in [0.3, 0.4) is 0 Å². The SMILES string of the molecule is CC(C)OC(=O)C(CCO[P@@]1(=O)OC[C@H]2O[C@@H](n3ccc(=O)[nH]c3=O)[C@](C)(Cl)[C@@H]2O1)C(=O)OC(C)C. The second-order valence-electron chi connectivity index (χ2n) is 9.11. The Morgan fingerprint density at radius 1 is 1.22 bits per heavy atom. The molecule has 2 fully saturated rings. The van der Waals surface area contributed by atoms with Crippen molar-refractivity contribution >= 4 is 31.4 Å². The van der Waals surface area contributed by atoms with E-state index in [1.807, 2.05) is 0 Å². The molecule has 0 aromatic carbocycles. The molecule has 3 heterocycles. The molecule has 0 amide bonds. The van der Waals surface area contributed by atoms with E-state index in [0.29, 0.717) is 0 Å². The summed E-state index contributed by atoms with van der Waals surface area (Å²) in [5.74, 6) is -2.90. The van der Waals surface area contributed by atoms with Crippen LogP contribution in [0.4, 0.5) is 0 Å². The van der Waals surface area contributed by atoms with Crippen LogP contribution in [-0.4, -0.2) is 64.0 Å². The van der Waals surface area contributed by atoms with Crippen molar-refractivity contribution in [2.75, 3.05) is 13.2 Å². The van der Waals surface area contributed by atoms with Crippen LogP contribution in [-0.2, 0) is 41.9 Å². The summed E-state index contributed by atoms with van der Waals surface area (Å²) in [6.45, 7) is 7.49. The fourth-order valence-electron chi connectivity index (χ4n) is 3.77. The normalized spacial score (nSPS) is 30.0. The monoisotopic (exact) mass is 552 g/mol. The number of alkyl halides is 1. The van der Waals surface area contributed by atoms with Crippen LogP contribution >= 0.6 is 19.4 Å². The van der Waals surface area contributed by atoms with Gasteiger partial charge in [0, 0.05) is 12.3 Å². The number of nitrogens with zero attached hydrogens (tertiary/aromatic N) is 1. The molecule has 1 aromatic rings. The first kappa shape index (κ1) is 28.5. The van der Waals surface area contributed by atoms with E-state index in [2.05, 4.69) is 4.98 Å². The third kappa shape index (κ3) is 6.45. The summed E-state index contributed by atoms with van der Waals surface area (Å²) in [6, 6.07) is 1.13. The summed E-state index contributed by atoms with van der Waals surface area (Å²) in [5, 5.41) is 0. The smallest absolute Gasteiger partial charge is 0.462 e. The predicted molar refractivity (Wildman–Crippen MR) is 124 cm³/mol. The maximum Gasteiger partial charge on any atom is 0.475 e. The van der Waals surface area contributed by atoms with Crippen LogP contribution in [0.25, 0.3) is 0 Å². The summed E-state index contributed by atoms with van der Waals surface area (Å²) in [7, 11) is -4.19. The molecule has 36 heavy (non-hydrogen) atoms. The summed E-state index contributed by atoms with van der Waals surface area (Å²) >= 11 is 6.69. The quantitative estimate of drug-likeness (QED) is 0.206. The molecule has 1 N–H and O–H groups in total. The molecule has 15 heteroatoms. The van der Waals surface area contributed by atoms with Gasteiger partial charge in [-0.15, -0.1) is 11.6 Å². The number of aromatic nitrogens is 2. The highest BCUT2D eigenvalue weighted by atomic mass is 35.5. The van der Waals surface area contributed by atoms with Gasteiger partial charge in [-0.05, 0) is 41.0 Å². The highest BCUT2D eigenvalue weighted by Gasteiger charge is 2.60. The molecular weight excluding hydrogens is 523 g/mol. The van der Waals surface area contributed by atoms with Gasteiger partial charge < -0.3 is 14.2 Å². The third-order valence-electron chi connectivity index (χ3n) is 5.35. The summed E-state index contributed by atoms with van der Waals surface area (Å²) in [5.41, 5.74) is -1.33. The van der Waals surface area contributed by atoms with Crippen molar-refractivity contribution in [1.29, 1.82) is 0 Å². The minimum atomic E-state index is -4.19. The molecule has 0 radical (unpaired) electrons. The van der Waals surface area contributed by atoms with Gasteiger partial charge >= 0.3 is 25.5 Å². The minimum Gasteiger partial charge on any atom is -0.462 e. The number of ether oxygens (including phenoxy) is 3. The summed E-state index contributed by atoms with van der Waals surface area (Å²) in [4.78, 5) is 49.1. The molecule has 0 spiro atoms. The predicted octanol–water partition coefficient (Wildman–Crippen LogP) is 1.88. The summed E-state index contributed by atoms with van der Waals surface area (Å²) < 4.78 is 46.6. The maximum atomic E-state index is 13.2. The molecule has 13 nitrogen and oxygen atoms in total. The van der Waals surface area contributed by atoms with Crippen molar-refractivity contribution in [2.24, 2.45) is 5.92 Å². The molecule has 2 aliphatic heterocycles. The first-order valence-electron chi connectivity index (χ1n) is 11.4. The first-order valence-corrected chi connectivity index (χ1v) is 13.2. The van der Waals surface area contributed by atoms with Crippen LogP contribution < -0.4 is 11.2 Å². The number of carbonyl (C=O) groups is 2. The van der Waals surface area contributed by atoms with Gasteiger partial charge in [0.15, 0.2) is 12.1 Å². The van der Waals surface area contributed by atoms with E-state index in [9.17, 15) is 23.7 Å². The Morgan fingerprint density at radius 3 is 2.39 bits per heavy atom. The lowest BCUT2D eigenvalue weighted by atomic mass is 10.0. The number of phosphoric ester groups is 1. The molecule has 0 bridgehead atoms. The number of nitrogens with one attached hydrogen (secondary N) is 1. The van der Waals surface area contributed by atoms with Crippen LogP contribution in [0.1, 0.15) is 47.3 Å². The second kappa shape index (κ2) is 11.2. The number of H-pyrrole nitrogens is 1. The number of hydrogen-bond acceptors (Lipinski definition) is 11. The van der Waals surface area contributed by atoms with Crippen molar-refractivity contribution < 1.29 is 41.9 Å². The average molecular weight is 553 g/mol. The third-order valence-corrected chi connectivity index (χ3v) is 7.20. The van der Waals surface area contributed by atoms with Crippen molar-refractivity contribution in [3.8, 4) is 0 Å². The number of aromatic amines is 1. The molecule has 2 aliphatic rings. The number of esters is 2. The van der Waals surface area contributed by atoms with Crippen LogP contribution in [0.15, 0.2) is 21.9 Å². The van der Waals surface area contributed by atoms with E-state index in [0.717, 1.165) is 10.6 Å². The Morgan fingerprint density at radius 2 is 1.83 bits per heavy atom. The number of carbonyl (C=O) groups excluding carboxylic acids is 2. The van der Waals surface area contributed by atoms with Gasteiger partial charge in [-0.3, -0.25) is 37.5 Å². The molecule has 202 valence electrons. The lowest BCUT2D eigenvalue weighted by Crippen LogP contribution is -2.45.